The maximum atomic E-state index is 12.3. The third-order valence-electron chi connectivity index (χ3n) is 4.22. The quantitative estimate of drug-likeness (QED) is 0.373. The van der Waals surface area contributed by atoms with Crippen LogP contribution >= 0.6 is 0 Å². The molecule has 1 aromatic heterocycles. The highest BCUT2D eigenvalue weighted by atomic mass is 16.5. The molecule has 1 aliphatic rings. The normalized spacial score (nSPS) is 13.2. The standard InChI is InChI=1S/C19H23NO5/c1-3-4-5-9-23-13-10-15(24-12(2)21)17-16(11-13)25-19(22)14-7-6-8-20-18(14)17/h10-11,20H,3-9H2,1-2H3. The highest BCUT2D eigenvalue weighted by Gasteiger charge is 2.22. The first-order valence-corrected chi connectivity index (χ1v) is 8.79. The van der Waals surface area contributed by atoms with E-state index >= 15 is 0 Å². The number of rotatable bonds is 6. The first-order chi connectivity index (χ1) is 12.1. The van der Waals surface area contributed by atoms with Gasteiger partial charge in [-0.1, -0.05) is 19.8 Å². The van der Waals surface area contributed by atoms with E-state index in [0.717, 1.165) is 32.2 Å². The Morgan fingerprint density at radius 2 is 2.16 bits per heavy atom. The minimum Gasteiger partial charge on any atom is -0.493 e. The molecule has 0 unspecified atom stereocenters. The fourth-order valence-corrected chi connectivity index (χ4v) is 3.07. The lowest BCUT2D eigenvalue weighted by atomic mass is 10.0. The van der Waals surface area contributed by atoms with Crippen LogP contribution in [-0.2, 0) is 11.2 Å². The number of nitrogens with one attached hydrogen (secondary N) is 1. The van der Waals surface area contributed by atoms with E-state index in [0.29, 0.717) is 46.7 Å². The minimum atomic E-state index is -0.430. The van der Waals surface area contributed by atoms with E-state index in [1.807, 2.05) is 0 Å². The lowest BCUT2D eigenvalue weighted by Gasteiger charge is -2.20. The van der Waals surface area contributed by atoms with Gasteiger partial charge in [-0.3, -0.25) is 4.79 Å². The Balaban J connectivity index is 2.07. The van der Waals surface area contributed by atoms with Crippen LogP contribution in [-0.4, -0.2) is 19.1 Å². The number of esters is 1. The van der Waals surface area contributed by atoms with Gasteiger partial charge in [-0.2, -0.15) is 0 Å². The highest BCUT2D eigenvalue weighted by Crippen LogP contribution is 2.38. The molecule has 1 aliphatic heterocycles. The van der Waals surface area contributed by atoms with Gasteiger partial charge in [0.25, 0.3) is 0 Å². The molecule has 3 rings (SSSR count). The molecule has 6 heteroatoms. The Morgan fingerprint density at radius 3 is 2.92 bits per heavy atom. The van der Waals surface area contributed by atoms with E-state index in [2.05, 4.69) is 12.2 Å². The van der Waals surface area contributed by atoms with Crippen LogP contribution in [0.1, 0.15) is 45.1 Å². The van der Waals surface area contributed by atoms with Crippen LogP contribution < -0.4 is 20.4 Å². The molecule has 1 aromatic carbocycles. The molecule has 0 radical (unpaired) electrons. The third-order valence-corrected chi connectivity index (χ3v) is 4.22. The summed E-state index contributed by atoms with van der Waals surface area (Å²) in [5.41, 5.74) is 1.31. The smallest absolute Gasteiger partial charge is 0.341 e. The third kappa shape index (κ3) is 3.78. The molecule has 0 spiro atoms. The van der Waals surface area contributed by atoms with Crippen LogP contribution in [0.5, 0.6) is 11.5 Å². The average Bonchev–Trinajstić information content (AvgIpc) is 2.58. The van der Waals surface area contributed by atoms with E-state index in [9.17, 15) is 9.59 Å². The van der Waals surface area contributed by atoms with Gasteiger partial charge in [0.05, 0.1) is 23.2 Å². The molecule has 134 valence electrons. The molecular weight excluding hydrogens is 322 g/mol. The van der Waals surface area contributed by atoms with Crippen molar-refractivity contribution in [2.24, 2.45) is 0 Å². The maximum absolute atomic E-state index is 12.3. The van der Waals surface area contributed by atoms with E-state index in [1.165, 1.54) is 6.92 Å². The summed E-state index contributed by atoms with van der Waals surface area (Å²) < 4.78 is 16.6. The molecule has 0 saturated heterocycles. The van der Waals surface area contributed by atoms with Crippen LogP contribution in [0.4, 0.5) is 5.69 Å². The van der Waals surface area contributed by atoms with E-state index in [1.54, 1.807) is 12.1 Å². The van der Waals surface area contributed by atoms with E-state index in [-0.39, 0.29) is 5.63 Å². The lowest BCUT2D eigenvalue weighted by molar-refractivity contribution is -0.131. The van der Waals surface area contributed by atoms with Crippen LogP contribution in [0.25, 0.3) is 11.0 Å². The monoisotopic (exact) mass is 345 g/mol. The molecule has 0 atom stereocenters. The molecule has 0 amide bonds. The second kappa shape index (κ2) is 7.59. The Bertz CT molecular complexity index is 840. The van der Waals surface area contributed by atoms with Gasteiger partial charge < -0.3 is 19.2 Å². The van der Waals surface area contributed by atoms with Crippen molar-refractivity contribution in [1.29, 1.82) is 0 Å². The number of carbonyl (C=O) groups excluding carboxylic acids is 1. The molecule has 0 aliphatic carbocycles. The van der Waals surface area contributed by atoms with Gasteiger partial charge in [-0.25, -0.2) is 4.79 Å². The molecule has 0 bridgehead atoms. The number of ether oxygens (including phenoxy) is 2. The van der Waals surface area contributed by atoms with Crippen molar-refractivity contribution >= 4 is 22.6 Å². The number of anilines is 1. The minimum absolute atomic E-state index is 0.352. The van der Waals surface area contributed by atoms with Crippen LogP contribution in [0.3, 0.4) is 0 Å². The summed E-state index contributed by atoms with van der Waals surface area (Å²) in [7, 11) is 0. The predicted octanol–water partition coefficient (Wildman–Crippen LogP) is 3.65. The molecule has 25 heavy (non-hydrogen) atoms. The Morgan fingerprint density at radius 1 is 1.32 bits per heavy atom. The van der Waals surface area contributed by atoms with Crippen molar-refractivity contribution in [2.45, 2.75) is 46.0 Å². The zero-order chi connectivity index (χ0) is 17.8. The second-order valence-corrected chi connectivity index (χ2v) is 6.22. The first kappa shape index (κ1) is 17.3. The fraction of sp³-hybridized carbons (Fsp3) is 0.474. The average molecular weight is 345 g/mol. The van der Waals surface area contributed by atoms with Crippen LogP contribution in [0.2, 0.25) is 0 Å². The van der Waals surface area contributed by atoms with Gasteiger partial charge >= 0.3 is 11.6 Å². The molecule has 6 nitrogen and oxygen atoms in total. The molecule has 0 fully saturated rings. The van der Waals surface area contributed by atoms with Crippen molar-refractivity contribution in [1.82, 2.24) is 0 Å². The zero-order valence-electron chi connectivity index (χ0n) is 14.6. The van der Waals surface area contributed by atoms with Crippen LogP contribution in [0.15, 0.2) is 21.3 Å². The van der Waals surface area contributed by atoms with E-state index < -0.39 is 5.97 Å². The Kier molecular flexibility index (Phi) is 5.26. The van der Waals surface area contributed by atoms with Gasteiger partial charge in [0.2, 0.25) is 0 Å². The SMILES string of the molecule is CCCCCOc1cc(OC(C)=O)c2c3c(c(=O)oc2c1)CCCN3. The summed E-state index contributed by atoms with van der Waals surface area (Å²) in [5.74, 6) is 0.448. The summed E-state index contributed by atoms with van der Waals surface area (Å²) >= 11 is 0. The molecular formula is C19H23NO5. The molecule has 1 N–H and O–H groups in total. The largest absolute Gasteiger partial charge is 0.493 e. The van der Waals surface area contributed by atoms with Crippen molar-refractivity contribution < 1.29 is 18.7 Å². The second-order valence-electron chi connectivity index (χ2n) is 6.22. The summed E-state index contributed by atoms with van der Waals surface area (Å²) in [5, 5.41) is 3.86. The van der Waals surface area contributed by atoms with Gasteiger partial charge in [0.15, 0.2) is 0 Å². The number of unbranched alkanes of at least 4 members (excludes halogenated alkanes) is 2. The van der Waals surface area contributed by atoms with Gasteiger partial charge in [0.1, 0.15) is 17.1 Å². The number of carbonyl (C=O) groups is 1. The summed E-state index contributed by atoms with van der Waals surface area (Å²) in [6, 6.07) is 3.37. The fourth-order valence-electron chi connectivity index (χ4n) is 3.07. The lowest BCUT2D eigenvalue weighted by Crippen LogP contribution is -2.20. The maximum Gasteiger partial charge on any atom is 0.341 e. The Labute approximate surface area is 146 Å². The Hall–Kier alpha value is -2.50. The highest BCUT2D eigenvalue weighted by molar-refractivity contribution is 5.98. The number of hydrogen-bond acceptors (Lipinski definition) is 6. The molecule has 0 saturated carbocycles. The van der Waals surface area contributed by atoms with Crippen molar-refractivity contribution in [3.05, 3.63) is 28.1 Å². The van der Waals surface area contributed by atoms with Crippen molar-refractivity contribution in [2.75, 3.05) is 18.5 Å². The predicted molar refractivity (Wildman–Crippen MR) is 95.6 cm³/mol. The number of fused-ring (bicyclic) bond motifs is 3. The molecule has 2 aromatic rings. The van der Waals surface area contributed by atoms with Crippen molar-refractivity contribution in [3.63, 3.8) is 0 Å². The van der Waals surface area contributed by atoms with Crippen LogP contribution in [0, 0.1) is 0 Å². The zero-order valence-corrected chi connectivity index (χ0v) is 14.6. The van der Waals surface area contributed by atoms with E-state index in [4.69, 9.17) is 13.9 Å². The number of benzene rings is 1. The summed E-state index contributed by atoms with van der Waals surface area (Å²) in [6.45, 7) is 4.80. The molecule has 2 heterocycles. The van der Waals surface area contributed by atoms with Gasteiger partial charge in [0, 0.05) is 25.6 Å². The summed E-state index contributed by atoms with van der Waals surface area (Å²) in [4.78, 5) is 23.8. The number of hydrogen-bond donors (Lipinski definition) is 1. The van der Waals surface area contributed by atoms with Gasteiger partial charge in [-0.15, -0.1) is 0 Å². The van der Waals surface area contributed by atoms with Gasteiger partial charge in [-0.05, 0) is 19.3 Å². The summed E-state index contributed by atoms with van der Waals surface area (Å²) in [6.07, 6.45) is 4.64. The van der Waals surface area contributed by atoms with Crippen molar-refractivity contribution in [3.8, 4) is 11.5 Å². The topological polar surface area (TPSA) is 77.8 Å². The first-order valence-electron chi connectivity index (χ1n) is 8.79.